The molecule has 0 spiro atoms. The van der Waals surface area contributed by atoms with Crippen molar-refractivity contribution in [3.63, 3.8) is 0 Å². The quantitative estimate of drug-likeness (QED) is 0.644. The molecule has 2 aromatic carbocycles. The van der Waals surface area contributed by atoms with Crippen molar-refractivity contribution in [1.29, 1.82) is 10.7 Å². The Balaban J connectivity index is 1.52. The molecule has 4 rings (SSSR count). The number of ether oxygens (including phenoxy) is 1. The van der Waals surface area contributed by atoms with E-state index in [0.717, 1.165) is 40.7 Å². The van der Waals surface area contributed by atoms with Gasteiger partial charge in [0.1, 0.15) is 0 Å². The van der Waals surface area contributed by atoms with Crippen molar-refractivity contribution in [2.75, 3.05) is 26.3 Å². The van der Waals surface area contributed by atoms with Gasteiger partial charge in [-0.3, -0.25) is 4.79 Å². The summed E-state index contributed by atoms with van der Waals surface area (Å²) in [5.74, 6) is 0.460. The highest BCUT2D eigenvalue weighted by atomic mass is 16.5. The van der Waals surface area contributed by atoms with E-state index in [0.29, 0.717) is 48.8 Å². The maximum absolute atomic E-state index is 13.3. The summed E-state index contributed by atoms with van der Waals surface area (Å²) < 4.78 is 5.43. The van der Waals surface area contributed by atoms with Crippen LogP contribution < -0.4 is 5.73 Å². The van der Waals surface area contributed by atoms with Gasteiger partial charge < -0.3 is 20.8 Å². The number of nitrogens with zero attached hydrogens (tertiary/aromatic N) is 2. The predicted octanol–water partition coefficient (Wildman–Crippen LogP) is 4.55. The molecular weight excluding hydrogens is 424 g/mol. The van der Waals surface area contributed by atoms with Gasteiger partial charge in [0, 0.05) is 60.7 Å². The molecule has 0 atom stereocenters. The second-order valence-electron chi connectivity index (χ2n) is 9.46. The van der Waals surface area contributed by atoms with E-state index in [4.69, 9.17) is 21.1 Å². The molecule has 0 aliphatic carbocycles. The molecule has 2 aliphatic rings. The van der Waals surface area contributed by atoms with Gasteiger partial charge in [-0.05, 0) is 74.1 Å². The topological polar surface area (TPSA) is 103 Å². The minimum atomic E-state index is 0.00797. The number of nitrogens with two attached hydrogens (primary N) is 1. The first kappa shape index (κ1) is 23.7. The number of hydrogen-bond acceptors (Lipinski definition) is 5. The average Bonchev–Trinajstić information content (AvgIpc) is 2.82. The molecular formula is C28H32N4O2. The minimum Gasteiger partial charge on any atom is -0.398 e. The first-order chi connectivity index (χ1) is 16.3. The summed E-state index contributed by atoms with van der Waals surface area (Å²) in [4.78, 5) is 15.2. The van der Waals surface area contributed by atoms with Crippen molar-refractivity contribution in [3.05, 3.63) is 75.4 Å². The maximum atomic E-state index is 13.3. The van der Waals surface area contributed by atoms with Crippen LogP contribution in [-0.2, 0) is 4.74 Å². The standard InChI is InChI=1S/C28H32N4O2/c1-17-12-18(2)25(13-24(17)27(31)19(3)26(30)22-8-10-34-11-9-22)28(33)32-15-23(16-32)21-6-4-20(14-29)5-7-21/h4-7,12-13,22-23,30H,8-11,15-16,31H2,1-3H3/b27-19-,30-26?. The molecule has 0 bridgehead atoms. The summed E-state index contributed by atoms with van der Waals surface area (Å²) in [5.41, 5.74) is 13.7. The van der Waals surface area contributed by atoms with Crippen molar-refractivity contribution in [2.45, 2.75) is 39.5 Å². The number of likely N-dealkylation sites (tertiary alicyclic amines) is 1. The van der Waals surface area contributed by atoms with Crippen molar-refractivity contribution < 1.29 is 9.53 Å². The zero-order chi connectivity index (χ0) is 24.4. The second-order valence-corrected chi connectivity index (χ2v) is 9.46. The first-order valence-electron chi connectivity index (χ1n) is 11.8. The summed E-state index contributed by atoms with van der Waals surface area (Å²) in [7, 11) is 0. The molecule has 2 aromatic rings. The molecule has 0 unspecified atom stereocenters. The number of rotatable bonds is 5. The fourth-order valence-electron chi connectivity index (χ4n) is 4.87. The third-order valence-electron chi connectivity index (χ3n) is 7.21. The summed E-state index contributed by atoms with van der Waals surface area (Å²) >= 11 is 0. The van der Waals surface area contributed by atoms with E-state index in [9.17, 15) is 4.79 Å². The van der Waals surface area contributed by atoms with Gasteiger partial charge in [-0.1, -0.05) is 18.2 Å². The van der Waals surface area contributed by atoms with Crippen molar-refractivity contribution in [3.8, 4) is 6.07 Å². The maximum Gasteiger partial charge on any atom is 0.254 e. The van der Waals surface area contributed by atoms with E-state index in [1.165, 1.54) is 0 Å². The van der Waals surface area contributed by atoms with Crippen molar-refractivity contribution in [1.82, 2.24) is 4.90 Å². The average molecular weight is 457 g/mol. The number of benzene rings is 2. The number of hydrogen-bond donors (Lipinski definition) is 2. The van der Waals surface area contributed by atoms with Gasteiger partial charge in [0.25, 0.3) is 5.91 Å². The van der Waals surface area contributed by atoms with Crippen LogP contribution in [0.4, 0.5) is 0 Å². The number of nitrogens with one attached hydrogen (secondary N) is 1. The Bertz CT molecular complexity index is 1180. The SMILES string of the molecule is C/C(C(=N)C1CCOCC1)=C(/N)c1cc(C(=O)N2CC(c3ccc(C#N)cc3)C2)c(C)cc1C. The van der Waals surface area contributed by atoms with Crippen LogP contribution in [-0.4, -0.2) is 42.8 Å². The minimum absolute atomic E-state index is 0.00797. The molecule has 176 valence electrons. The molecule has 3 N–H and O–H groups in total. The predicted molar refractivity (Wildman–Crippen MR) is 134 cm³/mol. The zero-order valence-corrected chi connectivity index (χ0v) is 20.1. The van der Waals surface area contributed by atoms with Crippen LogP contribution >= 0.6 is 0 Å². The van der Waals surface area contributed by atoms with E-state index >= 15 is 0 Å². The van der Waals surface area contributed by atoms with Crippen LogP contribution in [0.2, 0.25) is 0 Å². The van der Waals surface area contributed by atoms with Crippen LogP contribution in [0, 0.1) is 36.5 Å². The number of aryl methyl sites for hydroxylation is 2. The molecule has 34 heavy (non-hydrogen) atoms. The fraction of sp³-hybridized carbons (Fsp3) is 0.393. The summed E-state index contributed by atoms with van der Waals surface area (Å²) in [6, 6.07) is 13.7. The van der Waals surface area contributed by atoms with Crippen LogP contribution in [0.3, 0.4) is 0 Å². The van der Waals surface area contributed by atoms with Gasteiger partial charge >= 0.3 is 0 Å². The second kappa shape index (κ2) is 9.82. The largest absolute Gasteiger partial charge is 0.398 e. The molecule has 0 saturated carbocycles. The lowest BCUT2D eigenvalue weighted by Crippen LogP contribution is -2.48. The highest BCUT2D eigenvalue weighted by molar-refractivity contribution is 6.05. The van der Waals surface area contributed by atoms with E-state index < -0.39 is 0 Å². The van der Waals surface area contributed by atoms with Gasteiger partial charge in [-0.2, -0.15) is 5.26 Å². The van der Waals surface area contributed by atoms with E-state index in [2.05, 4.69) is 6.07 Å². The third-order valence-corrected chi connectivity index (χ3v) is 7.21. The Labute approximate surface area is 201 Å². The van der Waals surface area contributed by atoms with E-state index in [-0.39, 0.29) is 17.7 Å². The van der Waals surface area contributed by atoms with Crippen LogP contribution in [0.1, 0.15) is 63.9 Å². The van der Waals surface area contributed by atoms with Gasteiger partial charge in [0.05, 0.1) is 11.6 Å². The molecule has 1 amide bonds. The Hall–Kier alpha value is -3.43. The Kier molecular flexibility index (Phi) is 6.85. The Morgan fingerprint density at radius 3 is 2.32 bits per heavy atom. The third kappa shape index (κ3) is 4.62. The van der Waals surface area contributed by atoms with Crippen LogP contribution in [0.25, 0.3) is 5.70 Å². The van der Waals surface area contributed by atoms with Crippen LogP contribution in [0.15, 0.2) is 42.0 Å². The lowest BCUT2D eigenvalue weighted by atomic mass is 9.87. The fourth-order valence-corrected chi connectivity index (χ4v) is 4.87. The molecule has 0 radical (unpaired) electrons. The Morgan fingerprint density at radius 2 is 1.71 bits per heavy atom. The molecule has 2 heterocycles. The van der Waals surface area contributed by atoms with Gasteiger partial charge in [-0.15, -0.1) is 0 Å². The van der Waals surface area contributed by atoms with Crippen molar-refractivity contribution in [2.24, 2.45) is 11.7 Å². The molecule has 6 heteroatoms. The Morgan fingerprint density at radius 1 is 1.09 bits per heavy atom. The molecule has 2 saturated heterocycles. The number of carbonyl (C=O) groups excluding carboxylic acids is 1. The normalized spacial score (nSPS) is 17.5. The molecule has 2 aliphatic heterocycles. The summed E-state index contributed by atoms with van der Waals surface area (Å²) in [5, 5.41) is 17.7. The number of allylic oxidation sites excluding steroid dienone is 1. The van der Waals surface area contributed by atoms with Crippen LogP contribution in [0.5, 0.6) is 0 Å². The summed E-state index contributed by atoms with van der Waals surface area (Å²) in [6.07, 6.45) is 1.69. The van der Waals surface area contributed by atoms with Gasteiger partial charge in [0.15, 0.2) is 0 Å². The van der Waals surface area contributed by atoms with E-state index in [1.54, 1.807) is 0 Å². The smallest absolute Gasteiger partial charge is 0.254 e. The first-order valence-corrected chi connectivity index (χ1v) is 11.8. The zero-order valence-electron chi connectivity index (χ0n) is 20.1. The van der Waals surface area contributed by atoms with E-state index in [1.807, 2.05) is 62.1 Å². The molecule has 2 fully saturated rings. The highest BCUT2D eigenvalue weighted by Gasteiger charge is 2.33. The highest BCUT2D eigenvalue weighted by Crippen LogP contribution is 2.31. The molecule has 0 aromatic heterocycles. The lowest BCUT2D eigenvalue weighted by Gasteiger charge is -2.40. The van der Waals surface area contributed by atoms with Gasteiger partial charge in [0.2, 0.25) is 0 Å². The summed E-state index contributed by atoms with van der Waals surface area (Å²) in [6.45, 7) is 8.55. The monoisotopic (exact) mass is 456 g/mol. The number of amides is 1. The number of carbonyl (C=O) groups is 1. The van der Waals surface area contributed by atoms with Crippen molar-refractivity contribution >= 4 is 17.3 Å². The number of nitriles is 1. The molecule has 6 nitrogen and oxygen atoms in total. The van der Waals surface area contributed by atoms with Gasteiger partial charge in [-0.25, -0.2) is 0 Å². The lowest BCUT2D eigenvalue weighted by molar-refractivity contribution is 0.0601.